The van der Waals surface area contributed by atoms with E-state index < -0.39 is 6.36 Å². The van der Waals surface area contributed by atoms with Gasteiger partial charge >= 0.3 is 6.36 Å². The Morgan fingerprint density at radius 2 is 2.00 bits per heavy atom. The number of methoxy groups -OCH3 is 1. The molecule has 4 nitrogen and oxygen atoms in total. The topological polar surface area (TPSA) is 41.9 Å². The molecule has 1 aromatic carbocycles. The van der Waals surface area contributed by atoms with Crippen molar-refractivity contribution in [1.29, 1.82) is 0 Å². The minimum atomic E-state index is -4.77. The highest BCUT2D eigenvalue weighted by Gasteiger charge is 2.50. The summed E-state index contributed by atoms with van der Waals surface area (Å²) < 4.78 is 47.2. The van der Waals surface area contributed by atoms with Gasteiger partial charge in [0, 0.05) is 11.5 Å². The van der Waals surface area contributed by atoms with E-state index in [1.165, 1.54) is 19.2 Å². The summed E-state index contributed by atoms with van der Waals surface area (Å²) in [7, 11) is 3.32. The summed E-state index contributed by atoms with van der Waals surface area (Å²) in [6.45, 7) is 0.860. The van der Waals surface area contributed by atoms with Crippen LogP contribution in [0.25, 0.3) is 0 Å². The lowest BCUT2D eigenvalue weighted by atomic mass is 9.65. The number of halogens is 3. The lowest BCUT2D eigenvalue weighted by Crippen LogP contribution is -2.47. The van der Waals surface area contributed by atoms with Gasteiger partial charge < -0.3 is 19.5 Å². The van der Waals surface area contributed by atoms with E-state index in [2.05, 4.69) is 9.64 Å². The smallest absolute Gasteiger partial charge is 0.493 e. The van der Waals surface area contributed by atoms with E-state index in [0.717, 1.165) is 24.9 Å². The van der Waals surface area contributed by atoms with Gasteiger partial charge in [-0.1, -0.05) is 6.07 Å². The zero-order valence-corrected chi connectivity index (χ0v) is 13.8. The van der Waals surface area contributed by atoms with Crippen LogP contribution in [0.1, 0.15) is 31.2 Å². The SMILES string of the molecule is COc1ccc([C@@]23CC[C@@H](O)C[C@@H]2N(C)CC3)cc1OC(F)(F)F. The van der Waals surface area contributed by atoms with Crippen molar-refractivity contribution in [1.82, 2.24) is 4.90 Å². The second kappa shape index (κ2) is 6.11. The van der Waals surface area contributed by atoms with Crippen molar-refractivity contribution in [2.24, 2.45) is 0 Å². The molecule has 0 radical (unpaired) electrons. The van der Waals surface area contributed by atoms with Gasteiger partial charge in [-0.15, -0.1) is 13.2 Å². The second-order valence-electron chi connectivity index (χ2n) is 6.74. The van der Waals surface area contributed by atoms with Crippen LogP contribution in [0.5, 0.6) is 11.5 Å². The molecule has 0 aromatic heterocycles. The van der Waals surface area contributed by atoms with Gasteiger partial charge in [-0.2, -0.15) is 0 Å². The molecule has 0 unspecified atom stereocenters. The van der Waals surface area contributed by atoms with Crippen molar-refractivity contribution in [2.45, 2.75) is 49.6 Å². The molecule has 1 saturated heterocycles. The van der Waals surface area contributed by atoms with Crippen LogP contribution in [0.2, 0.25) is 0 Å². The number of alkyl halides is 3. The highest BCUT2D eigenvalue weighted by molar-refractivity contribution is 5.46. The summed E-state index contributed by atoms with van der Waals surface area (Å²) in [5.41, 5.74) is 0.577. The maximum Gasteiger partial charge on any atom is 0.573 e. The van der Waals surface area contributed by atoms with Gasteiger partial charge in [0.15, 0.2) is 11.5 Å². The maximum atomic E-state index is 12.7. The third-order valence-electron chi connectivity index (χ3n) is 5.46. The number of rotatable bonds is 3. The number of hydrogen-bond acceptors (Lipinski definition) is 4. The number of hydrogen-bond donors (Lipinski definition) is 1. The summed E-state index contributed by atoms with van der Waals surface area (Å²) in [6, 6.07) is 4.93. The van der Waals surface area contributed by atoms with Crippen LogP contribution in [-0.4, -0.2) is 49.2 Å². The number of aliphatic hydroxyl groups is 1. The van der Waals surface area contributed by atoms with Crippen molar-refractivity contribution in [3.05, 3.63) is 23.8 Å². The van der Waals surface area contributed by atoms with E-state index in [0.29, 0.717) is 12.8 Å². The molecule has 3 rings (SSSR count). The predicted molar refractivity (Wildman–Crippen MR) is 82.2 cm³/mol. The third kappa shape index (κ3) is 3.07. The maximum absolute atomic E-state index is 12.7. The Morgan fingerprint density at radius 1 is 1.25 bits per heavy atom. The van der Waals surface area contributed by atoms with E-state index in [1.807, 2.05) is 13.1 Å². The predicted octanol–water partition coefficient (Wildman–Crippen LogP) is 3.08. The normalized spacial score (nSPS) is 30.9. The Balaban J connectivity index is 2.00. The van der Waals surface area contributed by atoms with Gasteiger partial charge in [0.05, 0.1) is 13.2 Å². The lowest BCUT2D eigenvalue weighted by molar-refractivity contribution is -0.275. The Bertz CT molecular complexity index is 607. The summed E-state index contributed by atoms with van der Waals surface area (Å²) in [5, 5.41) is 10.0. The summed E-state index contributed by atoms with van der Waals surface area (Å²) in [5.74, 6) is -0.248. The fraction of sp³-hybridized carbons (Fsp3) is 0.647. The van der Waals surface area contributed by atoms with Crippen LogP contribution >= 0.6 is 0 Å². The molecule has 2 aliphatic rings. The van der Waals surface area contributed by atoms with Crippen LogP contribution in [0.4, 0.5) is 13.2 Å². The minimum absolute atomic E-state index is 0.0613. The van der Waals surface area contributed by atoms with E-state index in [9.17, 15) is 18.3 Å². The Kier molecular flexibility index (Phi) is 4.42. The molecule has 1 saturated carbocycles. The molecule has 24 heavy (non-hydrogen) atoms. The lowest BCUT2D eigenvalue weighted by Gasteiger charge is -2.43. The van der Waals surface area contributed by atoms with Gasteiger partial charge in [0.1, 0.15) is 0 Å². The first-order valence-corrected chi connectivity index (χ1v) is 8.08. The molecule has 1 heterocycles. The number of likely N-dealkylation sites (N-methyl/N-ethyl adjacent to an activating group) is 1. The van der Waals surface area contributed by atoms with E-state index >= 15 is 0 Å². The molecular formula is C17H22F3NO3. The summed E-state index contributed by atoms with van der Waals surface area (Å²) in [4.78, 5) is 2.19. The molecule has 7 heteroatoms. The van der Waals surface area contributed by atoms with Crippen LogP contribution in [0.15, 0.2) is 18.2 Å². The minimum Gasteiger partial charge on any atom is -0.493 e. The third-order valence-corrected chi connectivity index (χ3v) is 5.46. The largest absolute Gasteiger partial charge is 0.573 e. The molecule has 1 aliphatic heterocycles. The Hall–Kier alpha value is -1.47. The molecule has 0 spiro atoms. The van der Waals surface area contributed by atoms with Crippen LogP contribution in [0.3, 0.4) is 0 Å². The molecule has 134 valence electrons. The highest BCUT2D eigenvalue weighted by atomic mass is 19.4. The van der Waals surface area contributed by atoms with Crippen molar-refractivity contribution in [3.8, 4) is 11.5 Å². The quantitative estimate of drug-likeness (QED) is 0.914. The first kappa shape index (κ1) is 17.4. The van der Waals surface area contributed by atoms with E-state index in [1.54, 1.807) is 0 Å². The molecule has 1 aromatic rings. The van der Waals surface area contributed by atoms with Crippen LogP contribution in [-0.2, 0) is 5.41 Å². The van der Waals surface area contributed by atoms with Gasteiger partial charge in [-0.25, -0.2) is 0 Å². The zero-order valence-electron chi connectivity index (χ0n) is 13.8. The standard InChI is InChI=1S/C17H22F3NO3/c1-21-8-7-16(6-5-12(22)10-15(16)21)11-3-4-13(23-2)14(9-11)24-17(18,19)20/h3-4,9,12,15,22H,5-8,10H2,1-2H3/t12-,15+,16+/m1/s1. The summed E-state index contributed by atoms with van der Waals surface area (Å²) in [6.07, 6.45) is -2.21. The van der Waals surface area contributed by atoms with Gasteiger partial charge in [-0.3, -0.25) is 0 Å². The highest BCUT2D eigenvalue weighted by Crippen LogP contribution is 2.50. The fourth-order valence-corrected chi connectivity index (χ4v) is 4.29. The van der Waals surface area contributed by atoms with Crippen molar-refractivity contribution < 1.29 is 27.8 Å². The monoisotopic (exact) mass is 345 g/mol. The van der Waals surface area contributed by atoms with Gasteiger partial charge in [0.25, 0.3) is 0 Å². The number of fused-ring (bicyclic) bond motifs is 1. The molecule has 2 fully saturated rings. The van der Waals surface area contributed by atoms with Crippen LogP contribution < -0.4 is 9.47 Å². The molecule has 1 N–H and O–H groups in total. The summed E-state index contributed by atoms with van der Waals surface area (Å²) >= 11 is 0. The van der Waals surface area contributed by atoms with Gasteiger partial charge in [-0.05, 0) is 57.0 Å². The van der Waals surface area contributed by atoms with E-state index in [4.69, 9.17) is 4.74 Å². The van der Waals surface area contributed by atoms with E-state index in [-0.39, 0.29) is 29.1 Å². The average Bonchev–Trinajstić information content (AvgIpc) is 2.84. The molecule has 0 bridgehead atoms. The van der Waals surface area contributed by atoms with Crippen molar-refractivity contribution >= 4 is 0 Å². The molecule has 0 amide bonds. The number of likely N-dealkylation sites (tertiary alicyclic amines) is 1. The number of ether oxygens (including phenoxy) is 2. The number of nitrogens with zero attached hydrogens (tertiary/aromatic N) is 1. The van der Waals surface area contributed by atoms with Crippen LogP contribution in [0, 0.1) is 0 Å². The molecule has 3 atom stereocenters. The average molecular weight is 345 g/mol. The number of aliphatic hydroxyl groups excluding tert-OH is 1. The Morgan fingerprint density at radius 3 is 2.67 bits per heavy atom. The van der Waals surface area contributed by atoms with Crippen molar-refractivity contribution in [2.75, 3.05) is 20.7 Å². The first-order valence-electron chi connectivity index (χ1n) is 8.08. The Labute approximate surface area is 139 Å². The fourth-order valence-electron chi connectivity index (χ4n) is 4.29. The first-order chi connectivity index (χ1) is 11.2. The molecular weight excluding hydrogens is 323 g/mol. The second-order valence-corrected chi connectivity index (χ2v) is 6.74. The molecule has 1 aliphatic carbocycles. The van der Waals surface area contributed by atoms with Crippen molar-refractivity contribution in [3.63, 3.8) is 0 Å². The van der Waals surface area contributed by atoms with Gasteiger partial charge in [0.2, 0.25) is 0 Å². The zero-order chi connectivity index (χ0) is 17.5. The number of benzene rings is 1.